The van der Waals surface area contributed by atoms with Gasteiger partial charge in [0.1, 0.15) is 35.1 Å². The summed E-state index contributed by atoms with van der Waals surface area (Å²) >= 11 is 1.69. The molecule has 1 unspecified atom stereocenters. The molecule has 1 N–H and O–H groups in total. The van der Waals surface area contributed by atoms with Gasteiger partial charge in [0.05, 0.1) is 33.0 Å². The van der Waals surface area contributed by atoms with Gasteiger partial charge in [0.2, 0.25) is 0 Å². The molecule has 1 saturated heterocycles. The van der Waals surface area contributed by atoms with Crippen molar-refractivity contribution >= 4 is 30.9 Å². The van der Waals surface area contributed by atoms with E-state index in [1.165, 1.54) is 0 Å². The summed E-state index contributed by atoms with van der Waals surface area (Å²) in [6.45, 7) is 8.30. The Balaban J connectivity index is 1.29. The Morgan fingerprint density at radius 3 is 2.17 bits per heavy atom. The van der Waals surface area contributed by atoms with E-state index in [1.807, 2.05) is 104 Å². The molecular weight excluding hydrogens is 768 g/mol. The summed E-state index contributed by atoms with van der Waals surface area (Å²) < 4.78 is 36.3. The lowest BCUT2D eigenvalue weighted by molar-refractivity contribution is -0.0910. The van der Waals surface area contributed by atoms with E-state index in [-0.39, 0.29) is 12.6 Å². The Morgan fingerprint density at radius 2 is 1.59 bits per heavy atom. The van der Waals surface area contributed by atoms with Crippen molar-refractivity contribution in [3.8, 4) is 28.0 Å². The van der Waals surface area contributed by atoms with Crippen molar-refractivity contribution in [1.29, 1.82) is 5.26 Å². The topological polar surface area (TPSA) is 111 Å². The third-order valence-corrected chi connectivity index (χ3v) is 13.6. The fraction of sp³-hybridized carbons (Fsp3) is 0.348. The fourth-order valence-electron chi connectivity index (χ4n) is 8.13. The molecule has 4 atom stereocenters. The van der Waals surface area contributed by atoms with E-state index >= 15 is 0 Å². The van der Waals surface area contributed by atoms with E-state index in [9.17, 15) is 10.2 Å². The lowest BCUT2D eigenvalue weighted by Gasteiger charge is -2.43. The molecule has 4 heterocycles. The van der Waals surface area contributed by atoms with Gasteiger partial charge in [0.25, 0.3) is 8.53 Å². The van der Waals surface area contributed by atoms with Gasteiger partial charge >= 0.3 is 0 Å². The van der Waals surface area contributed by atoms with Crippen LogP contribution in [0.2, 0.25) is 0 Å². The number of pyridine rings is 1. The predicted octanol–water partition coefficient (Wildman–Crippen LogP) is 10.5. The predicted molar refractivity (Wildman–Crippen MR) is 230 cm³/mol. The van der Waals surface area contributed by atoms with Crippen molar-refractivity contribution in [1.82, 2.24) is 14.2 Å². The zero-order chi connectivity index (χ0) is 40.9. The summed E-state index contributed by atoms with van der Waals surface area (Å²) in [4.78, 5) is 18.0. The average Bonchev–Trinajstić information content (AvgIpc) is 4.02. The van der Waals surface area contributed by atoms with Gasteiger partial charge in [-0.15, -0.1) is 11.3 Å². The molecule has 1 aliphatic heterocycles. The number of benzene rings is 3. The van der Waals surface area contributed by atoms with Crippen LogP contribution in [0.25, 0.3) is 21.5 Å². The van der Waals surface area contributed by atoms with Crippen molar-refractivity contribution in [2.24, 2.45) is 0 Å². The zero-order valence-corrected chi connectivity index (χ0v) is 35.5. The maximum atomic E-state index is 12.0. The molecule has 302 valence electrons. The highest BCUT2D eigenvalue weighted by Crippen LogP contribution is 2.50. The third-order valence-electron chi connectivity index (χ3n) is 10.9. The maximum Gasteiger partial charge on any atom is 0.257 e. The van der Waals surface area contributed by atoms with Crippen LogP contribution in [0.15, 0.2) is 121 Å². The number of fused-ring (bicyclic) bond motifs is 1. The van der Waals surface area contributed by atoms with Crippen LogP contribution >= 0.6 is 19.9 Å². The minimum absolute atomic E-state index is 0.0539. The molecule has 0 spiro atoms. The molecule has 0 bridgehead atoms. The maximum absolute atomic E-state index is 12.0. The van der Waals surface area contributed by atoms with Crippen LogP contribution in [0.3, 0.4) is 0 Å². The lowest BCUT2D eigenvalue weighted by atomic mass is 9.80. The highest BCUT2D eigenvalue weighted by molar-refractivity contribution is 7.43. The minimum atomic E-state index is -2.11. The molecule has 10 nitrogen and oxygen atoms in total. The van der Waals surface area contributed by atoms with Gasteiger partial charge in [-0.1, -0.05) is 60.7 Å². The lowest BCUT2D eigenvalue weighted by Crippen LogP contribution is -2.45. The Hall–Kier alpha value is -4.63. The van der Waals surface area contributed by atoms with Gasteiger partial charge in [-0.3, -0.25) is 0 Å². The molecule has 58 heavy (non-hydrogen) atoms. The van der Waals surface area contributed by atoms with Crippen LogP contribution in [-0.2, 0) is 19.6 Å². The van der Waals surface area contributed by atoms with E-state index in [0.29, 0.717) is 19.3 Å². The Kier molecular flexibility index (Phi) is 13.0. The Bertz CT molecular complexity index is 2230. The molecule has 0 amide bonds. The van der Waals surface area contributed by atoms with Crippen LogP contribution in [0.5, 0.6) is 11.5 Å². The number of hydrogen-bond acceptors (Lipinski definition) is 10. The summed E-state index contributed by atoms with van der Waals surface area (Å²) in [7, 11) is 1.20. The zero-order valence-electron chi connectivity index (χ0n) is 33.8. The second kappa shape index (κ2) is 18.1. The molecule has 1 fully saturated rings. The summed E-state index contributed by atoms with van der Waals surface area (Å²) in [5.41, 5.74) is 3.05. The minimum Gasteiger partial charge on any atom is -0.497 e. The van der Waals surface area contributed by atoms with Crippen LogP contribution in [0.1, 0.15) is 69.9 Å². The van der Waals surface area contributed by atoms with Crippen molar-refractivity contribution in [3.05, 3.63) is 138 Å². The molecule has 0 radical (unpaired) electrons. The van der Waals surface area contributed by atoms with Crippen LogP contribution < -0.4 is 9.47 Å². The number of methoxy groups -OCH3 is 2. The van der Waals surface area contributed by atoms with Crippen molar-refractivity contribution < 1.29 is 28.4 Å². The molecule has 1 aliphatic rings. The smallest absolute Gasteiger partial charge is 0.257 e. The van der Waals surface area contributed by atoms with Crippen molar-refractivity contribution in [3.63, 3.8) is 0 Å². The number of rotatable bonds is 17. The summed E-state index contributed by atoms with van der Waals surface area (Å²) in [6, 6.07) is 36.6. The fourth-order valence-corrected chi connectivity index (χ4v) is 10.4. The number of ether oxygens (including phenoxy) is 4. The first-order chi connectivity index (χ1) is 28.1. The van der Waals surface area contributed by atoms with Gasteiger partial charge in [-0.2, -0.15) is 5.26 Å². The van der Waals surface area contributed by atoms with E-state index in [4.69, 9.17) is 28.5 Å². The monoisotopic (exact) mass is 818 g/mol. The van der Waals surface area contributed by atoms with Crippen LogP contribution in [0.4, 0.5) is 0 Å². The largest absolute Gasteiger partial charge is 0.497 e. The summed E-state index contributed by atoms with van der Waals surface area (Å²) in [5.74, 6) is 1.46. The number of aromatic nitrogens is 2. The molecule has 7 rings (SSSR count). The molecule has 0 saturated carbocycles. The molecule has 12 heteroatoms. The first kappa shape index (κ1) is 41.5. The number of hydrogen-bond donors (Lipinski definition) is 1. The standard InChI is InChI=1S/C46H51N4O6PS/c1-32(2)50(45(3,4)25-11-26-47)57(51)56-40-30-43(49-28-24-39-38(23-27-48-44(39)49)42-14-10-29-58-42)55-41(40)31-54-46(33-12-8-7-9-13-33,34-15-19-36(52-5)20-16-34)35-17-21-37(53-6)22-18-35/h7-10,12-24,27-29,32,40-41,43,51H,11,25,30-31H2,1-6H3/t40-,41+,43+,57?/m0/s1. The van der Waals surface area contributed by atoms with Gasteiger partial charge in [-0.05, 0) is 98.7 Å². The second-order valence-electron chi connectivity index (χ2n) is 15.3. The molecule has 3 aromatic heterocycles. The number of nitriles is 1. The highest BCUT2D eigenvalue weighted by Gasteiger charge is 2.46. The van der Waals surface area contributed by atoms with Crippen LogP contribution in [-0.4, -0.2) is 63.7 Å². The van der Waals surface area contributed by atoms with E-state index in [2.05, 4.69) is 60.2 Å². The first-order valence-electron chi connectivity index (χ1n) is 19.5. The molecule has 6 aromatic rings. The first-order valence-corrected chi connectivity index (χ1v) is 21.6. The van der Waals surface area contributed by atoms with Gasteiger partial charge < -0.3 is 32.9 Å². The average molecular weight is 819 g/mol. The Morgan fingerprint density at radius 1 is 0.931 bits per heavy atom. The normalized spacial score (nSPS) is 17.8. The molecular formula is C46H51N4O6PS. The quantitative estimate of drug-likeness (QED) is 0.0710. The molecule has 0 aliphatic carbocycles. The van der Waals surface area contributed by atoms with Crippen LogP contribution in [0, 0.1) is 11.3 Å². The molecule has 3 aromatic carbocycles. The van der Waals surface area contributed by atoms with Gasteiger partial charge in [0.15, 0.2) is 0 Å². The third kappa shape index (κ3) is 8.43. The SMILES string of the molecule is COc1ccc(C(OC[C@H]2O[C@@H](n3ccc4c(-c5cccs5)ccnc43)C[C@@H]2OP(O)N(C(C)C)C(C)(C)CCC#N)(c2ccccc2)c2ccc(OC)cc2)cc1. The number of nitrogens with zero attached hydrogens (tertiary/aromatic N) is 4. The van der Waals surface area contributed by atoms with E-state index < -0.39 is 38.1 Å². The summed E-state index contributed by atoms with van der Waals surface area (Å²) in [6.07, 6.45) is 3.63. The highest BCUT2D eigenvalue weighted by atomic mass is 32.1. The Labute approximate surface area is 346 Å². The second-order valence-corrected chi connectivity index (χ2v) is 17.4. The van der Waals surface area contributed by atoms with Crippen molar-refractivity contribution in [2.75, 3.05) is 20.8 Å². The van der Waals surface area contributed by atoms with Crippen molar-refractivity contribution in [2.45, 2.75) is 82.6 Å². The van der Waals surface area contributed by atoms with Gasteiger partial charge in [0, 0.05) is 52.6 Å². The van der Waals surface area contributed by atoms with E-state index in [0.717, 1.165) is 49.7 Å². The number of thiophene rings is 1. The van der Waals surface area contributed by atoms with Gasteiger partial charge in [-0.25, -0.2) is 9.65 Å². The summed E-state index contributed by atoms with van der Waals surface area (Å²) in [5, 5.41) is 12.5. The van der Waals surface area contributed by atoms with E-state index in [1.54, 1.807) is 25.6 Å².